The highest BCUT2D eigenvalue weighted by molar-refractivity contribution is 5.89. The van der Waals surface area contributed by atoms with Crippen LogP contribution in [0.25, 0.3) is 0 Å². The first kappa shape index (κ1) is 21.2. The molecule has 2 saturated heterocycles. The summed E-state index contributed by atoms with van der Waals surface area (Å²) in [5, 5.41) is 2.99. The number of nitrogens with zero attached hydrogens (tertiary/aromatic N) is 2. The molecule has 2 aliphatic heterocycles. The number of rotatable bonds is 5. The molecule has 2 heterocycles. The highest BCUT2D eigenvalue weighted by atomic mass is 16.5. The van der Waals surface area contributed by atoms with Crippen LogP contribution in [-0.2, 0) is 11.3 Å². The maximum atomic E-state index is 12.7. The number of para-hydroxylation sites is 1. The van der Waals surface area contributed by atoms with E-state index in [-0.39, 0.29) is 18.0 Å². The van der Waals surface area contributed by atoms with Gasteiger partial charge in [0, 0.05) is 51.1 Å². The van der Waals surface area contributed by atoms with Gasteiger partial charge in [0.2, 0.25) is 5.91 Å². The molecule has 3 amide bonds. The lowest BCUT2D eigenvalue weighted by Gasteiger charge is -2.32. The van der Waals surface area contributed by atoms with E-state index in [1.165, 1.54) is 0 Å². The number of hydrogen-bond acceptors (Lipinski definition) is 3. The number of urea groups is 1. The molecule has 0 saturated carbocycles. The van der Waals surface area contributed by atoms with Crippen LogP contribution in [0.4, 0.5) is 10.5 Å². The Morgan fingerprint density at radius 1 is 1.03 bits per heavy atom. The van der Waals surface area contributed by atoms with Gasteiger partial charge in [-0.05, 0) is 49.1 Å². The molecule has 0 spiro atoms. The number of piperidine rings is 1. The molecule has 2 aliphatic rings. The number of anilines is 1. The minimum atomic E-state index is -0.0759. The Morgan fingerprint density at radius 3 is 2.32 bits per heavy atom. The highest BCUT2D eigenvalue weighted by Crippen LogP contribution is 2.26. The number of carbonyl (C=O) groups excluding carboxylic acids is 2. The average Bonchev–Trinajstić information content (AvgIpc) is 3.17. The average molecular weight is 422 g/mol. The summed E-state index contributed by atoms with van der Waals surface area (Å²) in [4.78, 5) is 28.2. The lowest BCUT2D eigenvalue weighted by Crippen LogP contribution is -2.43. The monoisotopic (exact) mass is 421 g/mol. The van der Waals surface area contributed by atoms with Crippen molar-refractivity contribution in [2.24, 2.45) is 0 Å². The fourth-order valence-corrected chi connectivity index (χ4v) is 4.32. The van der Waals surface area contributed by atoms with E-state index in [1.54, 1.807) is 0 Å². The predicted molar refractivity (Wildman–Crippen MR) is 121 cm³/mol. The third-order valence-corrected chi connectivity index (χ3v) is 6.17. The second-order valence-electron chi connectivity index (χ2n) is 8.57. The van der Waals surface area contributed by atoms with Crippen molar-refractivity contribution in [3.8, 4) is 5.75 Å². The predicted octanol–water partition coefficient (Wildman–Crippen LogP) is 4.50. The maximum absolute atomic E-state index is 12.7. The molecule has 1 N–H and O–H groups in total. The van der Waals surface area contributed by atoms with Crippen molar-refractivity contribution in [3.63, 3.8) is 0 Å². The zero-order valence-corrected chi connectivity index (χ0v) is 18.4. The first-order valence-corrected chi connectivity index (χ1v) is 11.1. The standard InChI is InChI=1S/C25H31N3O3/c1-18-5-3-6-19(2)24(18)31-22-12-15-27(16-13-22)25(30)26-21-10-8-20(9-11-21)17-28-14-4-7-23(28)29/h3,5-6,8-11,22H,4,7,12-17H2,1-2H3,(H,26,30). The summed E-state index contributed by atoms with van der Waals surface area (Å²) in [5.74, 6) is 1.20. The lowest BCUT2D eigenvalue weighted by atomic mass is 10.1. The van der Waals surface area contributed by atoms with E-state index >= 15 is 0 Å². The molecule has 31 heavy (non-hydrogen) atoms. The molecule has 0 aromatic heterocycles. The van der Waals surface area contributed by atoms with E-state index in [1.807, 2.05) is 40.1 Å². The van der Waals surface area contributed by atoms with Crippen molar-refractivity contribution in [3.05, 3.63) is 59.2 Å². The minimum Gasteiger partial charge on any atom is -0.490 e. The lowest BCUT2D eigenvalue weighted by molar-refractivity contribution is -0.128. The Bertz CT molecular complexity index is 913. The van der Waals surface area contributed by atoms with E-state index in [4.69, 9.17) is 4.74 Å². The van der Waals surface area contributed by atoms with Gasteiger partial charge in [-0.2, -0.15) is 0 Å². The van der Waals surface area contributed by atoms with Crippen LogP contribution in [0.5, 0.6) is 5.75 Å². The maximum Gasteiger partial charge on any atom is 0.321 e. The van der Waals surface area contributed by atoms with E-state index in [0.29, 0.717) is 26.1 Å². The van der Waals surface area contributed by atoms with E-state index in [0.717, 1.165) is 53.9 Å². The Labute approximate surface area is 184 Å². The van der Waals surface area contributed by atoms with Gasteiger partial charge < -0.3 is 19.9 Å². The number of hydrogen-bond donors (Lipinski definition) is 1. The van der Waals surface area contributed by atoms with Gasteiger partial charge in [-0.25, -0.2) is 4.79 Å². The van der Waals surface area contributed by atoms with Crippen molar-refractivity contribution in [2.75, 3.05) is 25.0 Å². The zero-order valence-electron chi connectivity index (χ0n) is 18.4. The molecule has 0 atom stereocenters. The summed E-state index contributed by atoms with van der Waals surface area (Å²) in [7, 11) is 0. The normalized spacial score (nSPS) is 17.2. The smallest absolute Gasteiger partial charge is 0.321 e. The summed E-state index contributed by atoms with van der Waals surface area (Å²) in [6, 6.07) is 13.9. The fraction of sp³-hybridized carbons (Fsp3) is 0.440. The molecular formula is C25H31N3O3. The molecule has 0 aliphatic carbocycles. The first-order chi connectivity index (χ1) is 15.0. The van der Waals surface area contributed by atoms with Crippen molar-refractivity contribution in [1.29, 1.82) is 0 Å². The second-order valence-corrected chi connectivity index (χ2v) is 8.57. The molecule has 2 aromatic rings. The third kappa shape index (κ3) is 5.19. The van der Waals surface area contributed by atoms with Crippen LogP contribution < -0.4 is 10.1 Å². The molecule has 4 rings (SSSR count). The third-order valence-electron chi connectivity index (χ3n) is 6.17. The van der Waals surface area contributed by atoms with Crippen molar-refractivity contribution >= 4 is 17.6 Å². The molecule has 0 radical (unpaired) electrons. The summed E-state index contributed by atoms with van der Waals surface area (Å²) in [6.07, 6.45) is 3.38. The van der Waals surface area contributed by atoms with Gasteiger partial charge in [0.25, 0.3) is 0 Å². The Morgan fingerprint density at radius 2 is 1.71 bits per heavy atom. The number of aryl methyl sites for hydroxylation is 2. The van der Waals surface area contributed by atoms with Gasteiger partial charge >= 0.3 is 6.03 Å². The number of carbonyl (C=O) groups is 2. The quantitative estimate of drug-likeness (QED) is 0.773. The molecule has 2 aromatic carbocycles. The first-order valence-electron chi connectivity index (χ1n) is 11.1. The van der Waals surface area contributed by atoms with Crippen LogP contribution in [-0.4, -0.2) is 47.5 Å². The molecule has 0 bridgehead atoms. The van der Waals surface area contributed by atoms with Gasteiger partial charge in [-0.3, -0.25) is 4.79 Å². The number of ether oxygens (including phenoxy) is 1. The van der Waals surface area contributed by atoms with Gasteiger partial charge in [0.05, 0.1) is 0 Å². The summed E-state index contributed by atoms with van der Waals surface area (Å²) < 4.78 is 6.25. The Hall–Kier alpha value is -3.02. The molecule has 6 heteroatoms. The molecule has 0 unspecified atom stereocenters. The zero-order chi connectivity index (χ0) is 21.8. The van der Waals surface area contributed by atoms with Gasteiger partial charge in [0.15, 0.2) is 0 Å². The largest absolute Gasteiger partial charge is 0.490 e. The van der Waals surface area contributed by atoms with Crippen LogP contribution >= 0.6 is 0 Å². The van der Waals surface area contributed by atoms with Gasteiger partial charge in [-0.1, -0.05) is 30.3 Å². The van der Waals surface area contributed by atoms with Crippen molar-refractivity contribution < 1.29 is 14.3 Å². The molecular weight excluding hydrogens is 390 g/mol. The van der Waals surface area contributed by atoms with Crippen LogP contribution in [0.3, 0.4) is 0 Å². The number of nitrogens with one attached hydrogen (secondary N) is 1. The minimum absolute atomic E-state index is 0.0759. The number of likely N-dealkylation sites (tertiary alicyclic amines) is 2. The molecule has 2 fully saturated rings. The summed E-state index contributed by atoms with van der Waals surface area (Å²) >= 11 is 0. The SMILES string of the molecule is Cc1cccc(C)c1OC1CCN(C(=O)Nc2ccc(CN3CCCC3=O)cc2)CC1. The Balaban J connectivity index is 1.26. The van der Waals surface area contributed by atoms with Crippen LogP contribution in [0.1, 0.15) is 42.4 Å². The van der Waals surface area contributed by atoms with E-state index < -0.39 is 0 Å². The molecule has 6 nitrogen and oxygen atoms in total. The second kappa shape index (κ2) is 9.41. The number of benzene rings is 2. The summed E-state index contributed by atoms with van der Waals surface area (Å²) in [6.45, 7) is 6.97. The van der Waals surface area contributed by atoms with E-state index in [9.17, 15) is 9.59 Å². The number of amides is 3. The van der Waals surface area contributed by atoms with E-state index in [2.05, 4.69) is 31.3 Å². The topological polar surface area (TPSA) is 61.9 Å². The molecule has 164 valence electrons. The highest BCUT2D eigenvalue weighted by Gasteiger charge is 2.25. The van der Waals surface area contributed by atoms with Crippen LogP contribution in [0.15, 0.2) is 42.5 Å². The van der Waals surface area contributed by atoms with Crippen LogP contribution in [0, 0.1) is 13.8 Å². The Kier molecular flexibility index (Phi) is 6.44. The van der Waals surface area contributed by atoms with Crippen molar-refractivity contribution in [2.45, 2.75) is 52.2 Å². The van der Waals surface area contributed by atoms with Crippen molar-refractivity contribution in [1.82, 2.24) is 9.80 Å². The fourth-order valence-electron chi connectivity index (χ4n) is 4.32. The summed E-state index contributed by atoms with van der Waals surface area (Å²) in [5.41, 5.74) is 4.16. The van der Waals surface area contributed by atoms with Gasteiger partial charge in [0.1, 0.15) is 11.9 Å². The van der Waals surface area contributed by atoms with Gasteiger partial charge in [-0.15, -0.1) is 0 Å². The van der Waals surface area contributed by atoms with Crippen LogP contribution in [0.2, 0.25) is 0 Å².